The summed E-state index contributed by atoms with van der Waals surface area (Å²) < 4.78 is 11.4. The van der Waals surface area contributed by atoms with E-state index in [1.54, 1.807) is 19.2 Å². The van der Waals surface area contributed by atoms with Crippen LogP contribution >= 0.6 is 0 Å². The van der Waals surface area contributed by atoms with E-state index in [0.29, 0.717) is 5.56 Å². The number of carbonyl (C=O) groups is 1. The standard InChI is InChI=1S/C20H20O3/c1-3-4-8-19-20(16-7-5-6-9-18(16)23-19)17-12-15(22-2)11-10-14(17)13-21/h5-7,9-13H,3-4,8H2,1-2H3. The first kappa shape index (κ1) is 15.3. The van der Waals surface area contributed by atoms with Crippen LogP contribution in [0.1, 0.15) is 35.9 Å². The van der Waals surface area contributed by atoms with E-state index < -0.39 is 0 Å². The van der Waals surface area contributed by atoms with E-state index in [-0.39, 0.29) is 0 Å². The average Bonchev–Trinajstić information content (AvgIpc) is 2.97. The quantitative estimate of drug-likeness (QED) is 0.583. The molecule has 0 fully saturated rings. The van der Waals surface area contributed by atoms with Crippen molar-refractivity contribution in [3.05, 3.63) is 53.8 Å². The fourth-order valence-electron chi connectivity index (χ4n) is 2.89. The molecule has 0 atom stereocenters. The highest BCUT2D eigenvalue weighted by Crippen LogP contribution is 2.38. The lowest BCUT2D eigenvalue weighted by molar-refractivity contribution is 0.112. The average molecular weight is 308 g/mol. The van der Waals surface area contributed by atoms with E-state index in [0.717, 1.165) is 59.2 Å². The number of rotatable bonds is 6. The Morgan fingerprint density at radius 3 is 2.74 bits per heavy atom. The van der Waals surface area contributed by atoms with Crippen molar-refractivity contribution >= 4 is 17.3 Å². The van der Waals surface area contributed by atoms with Gasteiger partial charge >= 0.3 is 0 Å². The van der Waals surface area contributed by atoms with Crippen LogP contribution in [0, 0.1) is 0 Å². The van der Waals surface area contributed by atoms with Crippen molar-refractivity contribution < 1.29 is 13.9 Å². The molecule has 1 aromatic heterocycles. The maximum Gasteiger partial charge on any atom is 0.150 e. The molecule has 0 saturated carbocycles. The summed E-state index contributed by atoms with van der Waals surface area (Å²) in [6.07, 6.45) is 3.89. The van der Waals surface area contributed by atoms with Gasteiger partial charge in [-0.1, -0.05) is 31.5 Å². The molecule has 0 N–H and O–H groups in total. The number of para-hydroxylation sites is 1. The third kappa shape index (κ3) is 2.87. The molecule has 0 aliphatic heterocycles. The molecule has 0 spiro atoms. The smallest absolute Gasteiger partial charge is 0.150 e. The summed E-state index contributed by atoms with van der Waals surface area (Å²) in [5.74, 6) is 1.67. The highest BCUT2D eigenvalue weighted by atomic mass is 16.5. The van der Waals surface area contributed by atoms with Crippen LogP contribution < -0.4 is 4.74 Å². The van der Waals surface area contributed by atoms with E-state index in [1.165, 1.54) is 0 Å². The number of aldehydes is 1. The monoisotopic (exact) mass is 308 g/mol. The zero-order valence-electron chi connectivity index (χ0n) is 13.5. The molecule has 3 rings (SSSR count). The Kier molecular flexibility index (Phi) is 4.47. The largest absolute Gasteiger partial charge is 0.497 e. The zero-order chi connectivity index (χ0) is 16.2. The summed E-state index contributed by atoms with van der Waals surface area (Å²) in [5.41, 5.74) is 3.38. The Morgan fingerprint density at radius 1 is 1.17 bits per heavy atom. The number of hydrogen-bond donors (Lipinski definition) is 0. The second kappa shape index (κ2) is 6.69. The Bertz CT molecular complexity index is 830. The van der Waals surface area contributed by atoms with Crippen LogP contribution in [-0.2, 0) is 6.42 Å². The summed E-state index contributed by atoms with van der Waals surface area (Å²) in [4.78, 5) is 11.5. The van der Waals surface area contributed by atoms with Gasteiger partial charge in [0.2, 0.25) is 0 Å². The van der Waals surface area contributed by atoms with Crippen LogP contribution in [-0.4, -0.2) is 13.4 Å². The molecule has 0 aliphatic rings. The second-order valence-corrected chi connectivity index (χ2v) is 5.57. The third-order valence-electron chi connectivity index (χ3n) is 4.08. The third-order valence-corrected chi connectivity index (χ3v) is 4.08. The number of aryl methyl sites for hydroxylation is 1. The number of ether oxygens (including phenoxy) is 1. The molecule has 0 aliphatic carbocycles. The number of hydrogen-bond acceptors (Lipinski definition) is 3. The van der Waals surface area contributed by atoms with Crippen LogP contribution in [0.15, 0.2) is 46.9 Å². The maximum atomic E-state index is 11.5. The predicted molar refractivity (Wildman–Crippen MR) is 92.2 cm³/mol. The SMILES string of the molecule is CCCCc1oc2ccccc2c1-c1cc(OC)ccc1C=O. The fraction of sp³-hybridized carbons (Fsp3) is 0.250. The van der Waals surface area contributed by atoms with Crippen molar-refractivity contribution in [3.63, 3.8) is 0 Å². The minimum absolute atomic E-state index is 0.648. The normalized spacial score (nSPS) is 10.9. The lowest BCUT2D eigenvalue weighted by Crippen LogP contribution is -1.93. The minimum atomic E-state index is 0.648. The summed E-state index contributed by atoms with van der Waals surface area (Å²) in [5, 5.41) is 1.04. The van der Waals surface area contributed by atoms with Gasteiger partial charge in [-0.05, 0) is 36.2 Å². The topological polar surface area (TPSA) is 39.4 Å². The Balaban J connectivity index is 2.27. The van der Waals surface area contributed by atoms with Crippen LogP contribution in [0.2, 0.25) is 0 Å². The van der Waals surface area contributed by atoms with Gasteiger partial charge in [0.1, 0.15) is 17.1 Å². The molecule has 0 amide bonds. The summed E-state index contributed by atoms with van der Waals surface area (Å²) in [7, 11) is 1.63. The molecule has 23 heavy (non-hydrogen) atoms. The summed E-state index contributed by atoms with van der Waals surface area (Å²) in [6, 6.07) is 13.5. The van der Waals surface area contributed by atoms with E-state index >= 15 is 0 Å². The number of unbranched alkanes of at least 4 members (excludes halogenated alkanes) is 1. The van der Waals surface area contributed by atoms with Crippen molar-refractivity contribution in [1.29, 1.82) is 0 Å². The van der Waals surface area contributed by atoms with Crippen molar-refractivity contribution in [2.45, 2.75) is 26.2 Å². The molecule has 0 bridgehead atoms. The van der Waals surface area contributed by atoms with Crippen LogP contribution in [0.25, 0.3) is 22.1 Å². The first-order chi connectivity index (χ1) is 11.3. The van der Waals surface area contributed by atoms with Crippen molar-refractivity contribution in [1.82, 2.24) is 0 Å². The highest BCUT2D eigenvalue weighted by molar-refractivity contribution is 6.00. The van der Waals surface area contributed by atoms with Gasteiger partial charge in [0.25, 0.3) is 0 Å². The molecule has 2 aromatic carbocycles. The van der Waals surface area contributed by atoms with Gasteiger partial charge in [0.05, 0.1) is 7.11 Å². The molecule has 3 heteroatoms. The van der Waals surface area contributed by atoms with Crippen LogP contribution in [0.4, 0.5) is 0 Å². The number of carbonyl (C=O) groups excluding carboxylic acids is 1. The predicted octanol–water partition coefficient (Wildman–Crippen LogP) is 5.26. The number of methoxy groups -OCH3 is 1. The van der Waals surface area contributed by atoms with Crippen LogP contribution in [0.3, 0.4) is 0 Å². The summed E-state index contributed by atoms with van der Waals surface area (Å²) >= 11 is 0. The highest BCUT2D eigenvalue weighted by Gasteiger charge is 2.18. The molecule has 0 radical (unpaired) electrons. The lowest BCUT2D eigenvalue weighted by atomic mass is 9.95. The van der Waals surface area contributed by atoms with Crippen molar-refractivity contribution in [3.8, 4) is 16.9 Å². The van der Waals surface area contributed by atoms with E-state index in [2.05, 4.69) is 6.92 Å². The van der Waals surface area contributed by atoms with Gasteiger partial charge in [0.15, 0.2) is 6.29 Å². The molecule has 3 aromatic rings. The van der Waals surface area contributed by atoms with Gasteiger partial charge in [0, 0.05) is 22.9 Å². The first-order valence-corrected chi connectivity index (χ1v) is 7.92. The number of fused-ring (bicyclic) bond motifs is 1. The van der Waals surface area contributed by atoms with Crippen molar-refractivity contribution in [2.24, 2.45) is 0 Å². The van der Waals surface area contributed by atoms with Gasteiger partial charge in [-0.25, -0.2) is 0 Å². The van der Waals surface area contributed by atoms with Crippen LogP contribution in [0.5, 0.6) is 5.75 Å². The maximum absolute atomic E-state index is 11.5. The molecule has 1 heterocycles. The molecular formula is C20H20O3. The van der Waals surface area contributed by atoms with Gasteiger partial charge in [-0.2, -0.15) is 0 Å². The fourth-order valence-corrected chi connectivity index (χ4v) is 2.89. The van der Waals surface area contributed by atoms with Crippen molar-refractivity contribution in [2.75, 3.05) is 7.11 Å². The minimum Gasteiger partial charge on any atom is -0.497 e. The molecule has 0 saturated heterocycles. The summed E-state index contributed by atoms with van der Waals surface area (Å²) in [6.45, 7) is 2.16. The second-order valence-electron chi connectivity index (χ2n) is 5.57. The Morgan fingerprint density at radius 2 is 2.00 bits per heavy atom. The van der Waals surface area contributed by atoms with E-state index in [4.69, 9.17) is 9.15 Å². The number of benzene rings is 2. The van der Waals surface area contributed by atoms with Gasteiger partial charge < -0.3 is 9.15 Å². The molecular weight excluding hydrogens is 288 g/mol. The molecule has 3 nitrogen and oxygen atoms in total. The zero-order valence-corrected chi connectivity index (χ0v) is 13.5. The Hall–Kier alpha value is -2.55. The first-order valence-electron chi connectivity index (χ1n) is 7.92. The van der Waals surface area contributed by atoms with Gasteiger partial charge in [-0.15, -0.1) is 0 Å². The number of furan rings is 1. The lowest BCUT2D eigenvalue weighted by Gasteiger charge is -2.09. The van der Waals surface area contributed by atoms with E-state index in [9.17, 15) is 4.79 Å². The molecule has 0 unspecified atom stereocenters. The molecule has 118 valence electrons. The Labute approximate surface area is 135 Å². The van der Waals surface area contributed by atoms with E-state index in [1.807, 2.05) is 30.3 Å². The van der Waals surface area contributed by atoms with Gasteiger partial charge in [-0.3, -0.25) is 4.79 Å².